The average Bonchev–Trinajstić information content (AvgIpc) is 3.25. The number of nitriles is 1. The van der Waals surface area contributed by atoms with Gasteiger partial charge in [0.2, 0.25) is 0 Å². The first-order chi connectivity index (χ1) is 14.5. The van der Waals surface area contributed by atoms with Gasteiger partial charge in [0.25, 0.3) is 0 Å². The first kappa shape index (κ1) is 20.2. The molecule has 2 aromatic heterocycles. The summed E-state index contributed by atoms with van der Waals surface area (Å²) < 4.78 is 11.1. The topological polar surface area (TPSA) is 79.4 Å². The van der Waals surface area contributed by atoms with E-state index in [-0.39, 0.29) is 11.7 Å². The van der Waals surface area contributed by atoms with Crippen molar-refractivity contribution >= 4 is 17.7 Å². The quantitative estimate of drug-likeness (QED) is 0.348. The van der Waals surface area contributed by atoms with Gasteiger partial charge in [0.1, 0.15) is 22.6 Å². The van der Waals surface area contributed by atoms with E-state index in [1.807, 2.05) is 44.3 Å². The lowest BCUT2D eigenvalue weighted by Crippen LogP contribution is -2.28. The molecule has 7 heteroatoms. The van der Waals surface area contributed by atoms with Crippen LogP contribution in [-0.2, 0) is 17.8 Å². The Balaban J connectivity index is 1.63. The first-order valence-electron chi connectivity index (χ1n) is 9.63. The van der Waals surface area contributed by atoms with Gasteiger partial charge in [0, 0.05) is 36.3 Å². The van der Waals surface area contributed by atoms with Crippen LogP contribution in [0.2, 0.25) is 0 Å². The molecule has 4 rings (SSSR count). The number of benzene rings is 1. The van der Waals surface area contributed by atoms with Gasteiger partial charge in [-0.05, 0) is 43.8 Å². The normalized spacial score (nSPS) is 13.5. The summed E-state index contributed by atoms with van der Waals surface area (Å²) in [4.78, 5) is 19.3. The van der Waals surface area contributed by atoms with Crippen molar-refractivity contribution in [2.75, 3.05) is 19.3 Å². The molecule has 1 aliphatic rings. The van der Waals surface area contributed by atoms with E-state index < -0.39 is 0 Å². The van der Waals surface area contributed by atoms with E-state index in [2.05, 4.69) is 11.0 Å². The fourth-order valence-electron chi connectivity index (χ4n) is 3.54. The number of aryl methyl sites for hydroxylation is 1. The van der Waals surface area contributed by atoms with Crippen LogP contribution >= 0.6 is 11.8 Å². The predicted molar refractivity (Wildman–Crippen MR) is 114 cm³/mol. The highest BCUT2D eigenvalue weighted by molar-refractivity contribution is 7.99. The van der Waals surface area contributed by atoms with E-state index in [0.717, 1.165) is 35.3 Å². The van der Waals surface area contributed by atoms with Crippen molar-refractivity contribution in [3.63, 3.8) is 0 Å². The maximum Gasteiger partial charge on any atom is 0.321 e. The molecule has 1 aliphatic heterocycles. The Hall–Kier alpha value is -3.08. The number of likely N-dealkylation sites (N-methyl/N-ethyl adjacent to an activating group) is 1. The van der Waals surface area contributed by atoms with Gasteiger partial charge in [-0.1, -0.05) is 23.9 Å². The Labute approximate surface area is 179 Å². The van der Waals surface area contributed by atoms with Gasteiger partial charge in [0.05, 0.1) is 17.6 Å². The maximum absolute atomic E-state index is 12.4. The summed E-state index contributed by atoms with van der Waals surface area (Å²) in [6.07, 6.45) is 2.38. The van der Waals surface area contributed by atoms with Crippen LogP contribution in [-0.4, -0.2) is 35.2 Å². The smallest absolute Gasteiger partial charge is 0.321 e. The van der Waals surface area contributed by atoms with E-state index in [0.29, 0.717) is 28.6 Å². The summed E-state index contributed by atoms with van der Waals surface area (Å²) in [5, 5.41) is 10.5. The first-order valence-corrected chi connectivity index (χ1v) is 10.6. The van der Waals surface area contributed by atoms with Crippen molar-refractivity contribution in [2.24, 2.45) is 0 Å². The number of furan rings is 1. The molecule has 0 amide bonds. The average molecular weight is 420 g/mol. The number of carbonyl (C=O) groups is 1. The summed E-state index contributed by atoms with van der Waals surface area (Å²) in [5.74, 6) is 0.836. The molecule has 0 radical (unpaired) electrons. The molecule has 0 unspecified atom stereocenters. The molecule has 1 aromatic carbocycles. The number of rotatable bonds is 5. The molecule has 0 fully saturated rings. The molecular weight excluding hydrogens is 398 g/mol. The van der Waals surface area contributed by atoms with Crippen molar-refractivity contribution in [1.29, 1.82) is 5.26 Å². The largest absolute Gasteiger partial charge is 0.464 e. The lowest BCUT2D eigenvalue weighted by atomic mass is 9.95. The summed E-state index contributed by atoms with van der Waals surface area (Å²) in [5.41, 5.74) is 4.19. The Morgan fingerprint density at radius 3 is 2.97 bits per heavy atom. The van der Waals surface area contributed by atoms with Gasteiger partial charge in [-0.2, -0.15) is 5.26 Å². The molecule has 0 spiro atoms. The Kier molecular flexibility index (Phi) is 5.88. The van der Waals surface area contributed by atoms with Crippen molar-refractivity contribution in [3.8, 4) is 23.1 Å². The molecule has 0 atom stereocenters. The highest BCUT2D eigenvalue weighted by Crippen LogP contribution is 2.37. The molecule has 30 heavy (non-hydrogen) atoms. The highest BCUT2D eigenvalue weighted by atomic mass is 32.2. The second-order valence-electron chi connectivity index (χ2n) is 7.25. The summed E-state index contributed by atoms with van der Waals surface area (Å²) >= 11 is 1.22. The highest BCUT2D eigenvalue weighted by Gasteiger charge is 2.26. The van der Waals surface area contributed by atoms with Crippen LogP contribution in [0.1, 0.15) is 22.4 Å². The third kappa shape index (κ3) is 4.25. The van der Waals surface area contributed by atoms with Gasteiger partial charge in [-0.25, -0.2) is 4.98 Å². The van der Waals surface area contributed by atoms with Gasteiger partial charge in [-0.15, -0.1) is 0 Å². The van der Waals surface area contributed by atoms with Crippen LogP contribution in [0.5, 0.6) is 5.75 Å². The molecule has 3 aromatic rings. The van der Waals surface area contributed by atoms with E-state index in [1.165, 1.54) is 11.8 Å². The van der Waals surface area contributed by atoms with Crippen LogP contribution in [0.4, 0.5) is 0 Å². The zero-order valence-corrected chi connectivity index (χ0v) is 17.7. The number of pyridine rings is 1. The molecule has 0 bridgehead atoms. The number of nitrogens with zero attached hydrogens (tertiary/aromatic N) is 3. The van der Waals surface area contributed by atoms with Gasteiger partial charge >= 0.3 is 5.97 Å². The molecule has 3 heterocycles. The number of hydrogen-bond donors (Lipinski definition) is 0. The van der Waals surface area contributed by atoms with Crippen molar-refractivity contribution in [1.82, 2.24) is 9.88 Å². The zero-order valence-electron chi connectivity index (χ0n) is 16.8. The molecule has 6 nitrogen and oxygen atoms in total. The minimum absolute atomic E-state index is 0.0614. The number of fused-ring (bicyclic) bond motifs is 1. The van der Waals surface area contributed by atoms with Crippen molar-refractivity contribution < 1.29 is 13.9 Å². The zero-order chi connectivity index (χ0) is 21.1. The molecule has 0 saturated heterocycles. The Morgan fingerprint density at radius 2 is 2.23 bits per heavy atom. The van der Waals surface area contributed by atoms with Crippen molar-refractivity contribution in [2.45, 2.75) is 24.9 Å². The number of hydrogen-bond acceptors (Lipinski definition) is 7. The number of aromatic nitrogens is 1. The lowest BCUT2D eigenvalue weighted by Gasteiger charge is -2.27. The van der Waals surface area contributed by atoms with Crippen LogP contribution < -0.4 is 4.74 Å². The number of ether oxygens (including phenoxy) is 1. The van der Waals surface area contributed by atoms with E-state index >= 15 is 0 Å². The third-order valence-electron chi connectivity index (χ3n) is 4.94. The van der Waals surface area contributed by atoms with Crippen molar-refractivity contribution in [3.05, 3.63) is 65.0 Å². The molecule has 152 valence electrons. The summed E-state index contributed by atoms with van der Waals surface area (Å²) in [6.45, 7) is 3.53. The Bertz CT molecular complexity index is 1120. The number of carbonyl (C=O) groups excluding carboxylic acids is 1. The lowest BCUT2D eigenvalue weighted by molar-refractivity contribution is -0.131. The SMILES string of the molecule is Cc1cccc(OC(=O)CSc2nc3c(c(-c4ccco4)c2C#N)CN(C)CC3)c1. The van der Waals surface area contributed by atoms with E-state index in [1.54, 1.807) is 12.3 Å². The second-order valence-corrected chi connectivity index (χ2v) is 8.21. The number of thioether (sulfide) groups is 1. The standard InChI is InChI=1S/C23H21N3O3S/c1-15-5-3-6-16(11-15)29-21(27)14-30-23-17(12-24)22(20-7-4-10-28-20)18-13-26(2)9-8-19(18)25-23/h3-7,10-11H,8-9,13-14H2,1-2H3. The molecule has 0 aliphatic carbocycles. The fraction of sp³-hybridized carbons (Fsp3) is 0.261. The fourth-order valence-corrected chi connectivity index (χ4v) is 4.32. The molecular formula is C23H21N3O3S. The number of esters is 1. The third-order valence-corrected chi connectivity index (χ3v) is 5.89. The summed E-state index contributed by atoms with van der Waals surface area (Å²) in [7, 11) is 2.05. The second kappa shape index (κ2) is 8.74. The van der Waals surface area contributed by atoms with Gasteiger partial charge < -0.3 is 14.1 Å². The summed E-state index contributed by atoms with van der Waals surface area (Å²) in [6, 6.07) is 13.3. The monoisotopic (exact) mass is 419 g/mol. The van der Waals surface area contributed by atoms with E-state index in [4.69, 9.17) is 14.1 Å². The maximum atomic E-state index is 12.4. The molecule has 0 N–H and O–H groups in total. The van der Waals surface area contributed by atoms with Crippen LogP contribution in [0.25, 0.3) is 11.3 Å². The van der Waals surface area contributed by atoms with E-state index in [9.17, 15) is 10.1 Å². The van der Waals surface area contributed by atoms with Crippen LogP contribution in [0.3, 0.4) is 0 Å². The minimum Gasteiger partial charge on any atom is -0.464 e. The minimum atomic E-state index is -0.381. The Morgan fingerprint density at radius 1 is 1.37 bits per heavy atom. The predicted octanol–water partition coefficient (Wildman–Crippen LogP) is 4.21. The van der Waals surface area contributed by atoms with Crippen LogP contribution in [0, 0.1) is 18.3 Å². The van der Waals surface area contributed by atoms with Gasteiger partial charge in [0.15, 0.2) is 0 Å². The van der Waals surface area contributed by atoms with Crippen LogP contribution in [0.15, 0.2) is 52.1 Å². The van der Waals surface area contributed by atoms with Gasteiger partial charge in [-0.3, -0.25) is 4.79 Å². The molecule has 0 saturated carbocycles.